The summed E-state index contributed by atoms with van der Waals surface area (Å²) >= 11 is 0. The van der Waals surface area contributed by atoms with E-state index in [0.29, 0.717) is 5.82 Å². The number of nitrogens with zero attached hydrogens (tertiary/aromatic N) is 1. The predicted molar refractivity (Wildman–Crippen MR) is 89.5 cm³/mol. The molecule has 23 heavy (non-hydrogen) atoms. The zero-order chi connectivity index (χ0) is 16.9. The molecule has 2 rings (SSSR count). The highest BCUT2D eigenvalue weighted by atomic mass is 16.6. The summed E-state index contributed by atoms with van der Waals surface area (Å²) in [6.07, 6.45) is 3.68. The summed E-state index contributed by atoms with van der Waals surface area (Å²) in [6.45, 7) is 7.51. The minimum atomic E-state index is -0.539. The molecule has 0 fully saturated rings. The number of hydrogen-bond acceptors (Lipinski definition) is 5. The van der Waals surface area contributed by atoms with Gasteiger partial charge in [0.15, 0.2) is 0 Å². The van der Waals surface area contributed by atoms with Crippen molar-refractivity contribution in [2.45, 2.75) is 45.8 Å². The lowest BCUT2D eigenvalue weighted by Crippen LogP contribution is -2.27. The van der Waals surface area contributed by atoms with Gasteiger partial charge in [0.1, 0.15) is 17.2 Å². The predicted octanol–water partition coefficient (Wildman–Crippen LogP) is 4.58. The van der Waals surface area contributed by atoms with Gasteiger partial charge in [-0.25, -0.2) is 9.78 Å². The van der Waals surface area contributed by atoms with Crippen LogP contribution in [0.1, 0.15) is 45.9 Å². The zero-order valence-corrected chi connectivity index (χ0v) is 13.9. The van der Waals surface area contributed by atoms with Crippen molar-refractivity contribution < 1.29 is 13.9 Å². The first kappa shape index (κ1) is 16.9. The minimum Gasteiger partial charge on any atom is -0.467 e. The lowest BCUT2D eigenvalue weighted by molar-refractivity contribution is 0.0635. The first-order valence-corrected chi connectivity index (χ1v) is 7.63. The van der Waals surface area contributed by atoms with Gasteiger partial charge in [0.05, 0.1) is 24.2 Å². The largest absolute Gasteiger partial charge is 0.467 e. The van der Waals surface area contributed by atoms with Crippen molar-refractivity contribution in [3.8, 4) is 0 Å². The number of carbonyl (C=O) groups excluding carboxylic acids is 1. The number of amides is 1. The molecule has 2 aromatic rings. The van der Waals surface area contributed by atoms with E-state index in [1.165, 1.54) is 0 Å². The molecule has 0 aliphatic rings. The van der Waals surface area contributed by atoms with Crippen LogP contribution >= 0.6 is 0 Å². The zero-order valence-electron chi connectivity index (χ0n) is 13.9. The monoisotopic (exact) mass is 317 g/mol. The number of aromatic nitrogens is 1. The molecule has 124 valence electrons. The number of hydrogen-bond donors (Lipinski definition) is 2. The van der Waals surface area contributed by atoms with Gasteiger partial charge in [0, 0.05) is 0 Å². The fourth-order valence-electron chi connectivity index (χ4n) is 2.03. The first-order chi connectivity index (χ1) is 10.9. The van der Waals surface area contributed by atoms with Crippen LogP contribution in [0.4, 0.5) is 16.3 Å². The van der Waals surface area contributed by atoms with Gasteiger partial charge in [0.2, 0.25) is 0 Å². The maximum Gasteiger partial charge on any atom is 0.413 e. The molecule has 2 heterocycles. The Balaban J connectivity index is 1.95. The van der Waals surface area contributed by atoms with Crippen LogP contribution in [0.2, 0.25) is 0 Å². The van der Waals surface area contributed by atoms with Crippen LogP contribution in [0.25, 0.3) is 0 Å². The van der Waals surface area contributed by atoms with Gasteiger partial charge < -0.3 is 14.5 Å². The molecular weight excluding hydrogens is 294 g/mol. The van der Waals surface area contributed by atoms with Crippen LogP contribution in [0, 0.1) is 0 Å². The Morgan fingerprint density at radius 3 is 2.65 bits per heavy atom. The molecule has 0 spiro atoms. The number of ether oxygens (including phenoxy) is 1. The van der Waals surface area contributed by atoms with Gasteiger partial charge in [-0.3, -0.25) is 5.32 Å². The maximum absolute atomic E-state index is 11.7. The van der Waals surface area contributed by atoms with Crippen molar-refractivity contribution in [2.75, 3.05) is 10.6 Å². The van der Waals surface area contributed by atoms with Gasteiger partial charge in [0.25, 0.3) is 0 Å². The summed E-state index contributed by atoms with van der Waals surface area (Å²) in [6, 6.07) is 7.46. The van der Waals surface area contributed by atoms with Gasteiger partial charge >= 0.3 is 6.09 Å². The van der Waals surface area contributed by atoms with Crippen LogP contribution in [-0.4, -0.2) is 16.7 Å². The van der Waals surface area contributed by atoms with Crippen LogP contribution in [0.3, 0.4) is 0 Å². The number of pyridine rings is 1. The molecule has 0 saturated carbocycles. The molecule has 6 heteroatoms. The summed E-state index contributed by atoms with van der Waals surface area (Å²) in [5, 5.41) is 5.95. The lowest BCUT2D eigenvalue weighted by atomic mass is 10.1. The average Bonchev–Trinajstić information content (AvgIpc) is 2.98. The quantitative estimate of drug-likeness (QED) is 0.843. The maximum atomic E-state index is 11.7. The summed E-state index contributed by atoms with van der Waals surface area (Å²) in [4.78, 5) is 15.9. The molecule has 1 atom stereocenters. The SMILES string of the molecule is CCC(Nc1ccc(NC(=O)OC(C)(C)C)nc1)c1ccco1. The summed E-state index contributed by atoms with van der Waals surface area (Å²) < 4.78 is 10.6. The fraction of sp³-hybridized carbons (Fsp3) is 0.412. The number of rotatable bonds is 5. The number of furan rings is 1. The highest BCUT2D eigenvalue weighted by molar-refractivity contribution is 5.83. The van der Waals surface area contributed by atoms with Crippen molar-refractivity contribution in [1.29, 1.82) is 0 Å². The Bertz CT molecular complexity index is 616. The second kappa shape index (κ2) is 7.17. The van der Waals surface area contributed by atoms with E-state index >= 15 is 0 Å². The second-order valence-corrected chi connectivity index (χ2v) is 6.18. The smallest absolute Gasteiger partial charge is 0.413 e. The van der Waals surface area contributed by atoms with E-state index in [0.717, 1.165) is 17.9 Å². The third-order valence-corrected chi connectivity index (χ3v) is 3.03. The van der Waals surface area contributed by atoms with E-state index in [1.54, 1.807) is 18.5 Å². The third kappa shape index (κ3) is 5.32. The summed E-state index contributed by atoms with van der Waals surface area (Å²) in [7, 11) is 0. The van der Waals surface area contributed by atoms with Crippen LogP contribution < -0.4 is 10.6 Å². The van der Waals surface area contributed by atoms with Crippen molar-refractivity contribution >= 4 is 17.6 Å². The molecule has 0 aliphatic carbocycles. The molecule has 1 unspecified atom stereocenters. The normalized spacial score (nSPS) is 12.5. The van der Waals surface area contributed by atoms with Gasteiger partial charge in [-0.2, -0.15) is 0 Å². The average molecular weight is 317 g/mol. The standard InChI is InChI=1S/C17H23N3O3/c1-5-13(14-7-6-10-22-14)19-12-8-9-15(18-11-12)20-16(21)23-17(2,3)4/h6-11,13,19H,5H2,1-4H3,(H,18,20,21). The fourth-order valence-corrected chi connectivity index (χ4v) is 2.03. The lowest BCUT2D eigenvalue weighted by Gasteiger charge is -2.19. The van der Waals surface area contributed by atoms with Gasteiger partial charge in [-0.1, -0.05) is 6.92 Å². The van der Waals surface area contributed by atoms with Crippen molar-refractivity contribution in [3.05, 3.63) is 42.5 Å². The van der Waals surface area contributed by atoms with E-state index in [-0.39, 0.29) is 6.04 Å². The molecule has 2 N–H and O–H groups in total. The summed E-state index contributed by atoms with van der Waals surface area (Å²) in [5.41, 5.74) is 0.311. The molecule has 1 amide bonds. The topological polar surface area (TPSA) is 76.4 Å². The summed E-state index contributed by atoms with van der Waals surface area (Å²) in [5.74, 6) is 1.32. The molecule has 0 bridgehead atoms. The molecular formula is C17H23N3O3. The molecule has 0 radical (unpaired) electrons. The minimum absolute atomic E-state index is 0.0801. The Hall–Kier alpha value is -2.50. The van der Waals surface area contributed by atoms with Crippen molar-refractivity contribution in [3.63, 3.8) is 0 Å². The van der Waals surface area contributed by atoms with E-state index in [1.807, 2.05) is 39.0 Å². The van der Waals surface area contributed by atoms with Crippen LogP contribution in [0.5, 0.6) is 0 Å². The van der Waals surface area contributed by atoms with Crippen molar-refractivity contribution in [1.82, 2.24) is 4.98 Å². The Labute approximate surface area is 136 Å². The molecule has 0 saturated heterocycles. The second-order valence-electron chi connectivity index (χ2n) is 6.18. The van der Waals surface area contributed by atoms with E-state index in [4.69, 9.17) is 9.15 Å². The Morgan fingerprint density at radius 1 is 1.35 bits per heavy atom. The highest BCUT2D eigenvalue weighted by Crippen LogP contribution is 2.23. The highest BCUT2D eigenvalue weighted by Gasteiger charge is 2.16. The van der Waals surface area contributed by atoms with Crippen LogP contribution in [0.15, 0.2) is 41.1 Å². The first-order valence-electron chi connectivity index (χ1n) is 7.63. The molecule has 0 aliphatic heterocycles. The van der Waals surface area contributed by atoms with E-state index in [2.05, 4.69) is 22.5 Å². The van der Waals surface area contributed by atoms with E-state index in [9.17, 15) is 4.79 Å². The molecule has 0 aromatic carbocycles. The number of carbonyl (C=O) groups is 1. The number of nitrogens with one attached hydrogen (secondary N) is 2. The number of anilines is 2. The van der Waals surface area contributed by atoms with Gasteiger partial charge in [-0.05, 0) is 51.5 Å². The Morgan fingerprint density at radius 2 is 2.13 bits per heavy atom. The van der Waals surface area contributed by atoms with Crippen LogP contribution in [-0.2, 0) is 4.74 Å². The van der Waals surface area contributed by atoms with Crippen molar-refractivity contribution in [2.24, 2.45) is 0 Å². The van der Waals surface area contributed by atoms with E-state index < -0.39 is 11.7 Å². The third-order valence-electron chi connectivity index (χ3n) is 3.03. The Kier molecular flexibility index (Phi) is 5.26. The molecule has 2 aromatic heterocycles. The molecule has 6 nitrogen and oxygen atoms in total. The van der Waals surface area contributed by atoms with Gasteiger partial charge in [-0.15, -0.1) is 0 Å².